The zero-order valence-corrected chi connectivity index (χ0v) is 13.0. The molecule has 3 heteroatoms. The first-order valence-electron chi connectivity index (χ1n) is 8.38. The van der Waals surface area contributed by atoms with Gasteiger partial charge in [-0.1, -0.05) is 24.3 Å². The highest BCUT2D eigenvalue weighted by Gasteiger charge is 2.25. The number of nitrogens with one attached hydrogen (secondary N) is 1. The number of piperidine rings is 1. The van der Waals surface area contributed by atoms with Gasteiger partial charge in [-0.3, -0.25) is 0 Å². The molecule has 1 fully saturated rings. The summed E-state index contributed by atoms with van der Waals surface area (Å²) in [4.78, 5) is 14.4. The van der Waals surface area contributed by atoms with Gasteiger partial charge in [-0.05, 0) is 56.6 Å². The van der Waals surface area contributed by atoms with E-state index in [2.05, 4.69) is 36.5 Å². The molecule has 21 heavy (non-hydrogen) atoms. The molecule has 0 saturated carbocycles. The summed E-state index contributed by atoms with van der Waals surface area (Å²) < 4.78 is 0. The van der Waals surface area contributed by atoms with Gasteiger partial charge in [-0.25, -0.2) is 4.79 Å². The van der Waals surface area contributed by atoms with Crippen LogP contribution in [0.25, 0.3) is 0 Å². The molecule has 1 heterocycles. The van der Waals surface area contributed by atoms with E-state index in [1.165, 1.54) is 36.8 Å². The number of amides is 2. The Morgan fingerprint density at radius 2 is 2.10 bits per heavy atom. The lowest BCUT2D eigenvalue weighted by molar-refractivity contribution is 0.157. The molecule has 1 aliphatic carbocycles. The number of aryl methyl sites for hydroxylation is 1. The van der Waals surface area contributed by atoms with Gasteiger partial charge < -0.3 is 10.2 Å². The lowest BCUT2D eigenvalue weighted by Gasteiger charge is -2.34. The van der Waals surface area contributed by atoms with Crippen LogP contribution in [0.5, 0.6) is 0 Å². The van der Waals surface area contributed by atoms with Gasteiger partial charge >= 0.3 is 6.03 Å². The second kappa shape index (κ2) is 6.50. The zero-order valence-electron chi connectivity index (χ0n) is 13.0. The summed E-state index contributed by atoms with van der Waals surface area (Å²) in [5.74, 6) is 0.485. The molecule has 1 saturated heterocycles. The average molecular weight is 286 g/mol. The van der Waals surface area contributed by atoms with Gasteiger partial charge in [0, 0.05) is 25.0 Å². The molecule has 2 aliphatic rings. The Morgan fingerprint density at radius 3 is 2.95 bits per heavy atom. The monoisotopic (exact) mass is 286 g/mol. The van der Waals surface area contributed by atoms with E-state index in [0.717, 1.165) is 25.9 Å². The smallest absolute Gasteiger partial charge is 0.317 e. The van der Waals surface area contributed by atoms with Crippen LogP contribution in [-0.2, 0) is 6.42 Å². The van der Waals surface area contributed by atoms with Gasteiger partial charge in [0.25, 0.3) is 0 Å². The number of rotatable bonds is 2. The zero-order chi connectivity index (χ0) is 14.7. The van der Waals surface area contributed by atoms with E-state index in [-0.39, 0.29) is 6.03 Å². The lowest BCUT2D eigenvalue weighted by Crippen LogP contribution is -2.48. The van der Waals surface area contributed by atoms with E-state index in [9.17, 15) is 4.79 Å². The number of hydrogen-bond donors (Lipinski definition) is 1. The third kappa shape index (κ3) is 3.22. The molecule has 1 aromatic carbocycles. The summed E-state index contributed by atoms with van der Waals surface area (Å²) in [6.45, 7) is 3.85. The number of nitrogens with zero attached hydrogens (tertiary/aromatic N) is 1. The van der Waals surface area contributed by atoms with Crippen molar-refractivity contribution in [2.45, 2.75) is 57.4 Å². The highest BCUT2D eigenvalue weighted by atomic mass is 16.2. The quantitative estimate of drug-likeness (QED) is 0.883. The van der Waals surface area contributed by atoms with Gasteiger partial charge in [-0.15, -0.1) is 0 Å². The fourth-order valence-corrected chi connectivity index (χ4v) is 3.78. The molecule has 3 rings (SSSR count). The number of likely N-dealkylation sites (tertiary alicyclic amines) is 1. The van der Waals surface area contributed by atoms with Crippen LogP contribution in [0, 0.1) is 0 Å². The molecule has 1 aliphatic heterocycles. The molecule has 114 valence electrons. The fraction of sp³-hybridized carbons (Fsp3) is 0.611. The van der Waals surface area contributed by atoms with Crippen molar-refractivity contribution in [1.82, 2.24) is 10.2 Å². The average Bonchev–Trinajstić information content (AvgIpc) is 2.53. The van der Waals surface area contributed by atoms with Crippen molar-refractivity contribution in [1.29, 1.82) is 0 Å². The number of fused-ring (bicyclic) bond motifs is 1. The Balaban J connectivity index is 1.59. The van der Waals surface area contributed by atoms with Crippen LogP contribution < -0.4 is 5.32 Å². The first-order chi connectivity index (χ1) is 10.3. The van der Waals surface area contributed by atoms with E-state index < -0.39 is 0 Å². The number of carbonyl (C=O) groups excluding carboxylic acids is 1. The maximum atomic E-state index is 12.4. The van der Waals surface area contributed by atoms with Crippen LogP contribution in [0.2, 0.25) is 0 Å². The van der Waals surface area contributed by atoms with E-state index in [1.54, 1.807) is 0 Å². The SMILES string of the molecule is CC1CCCCN1C(=O)NCC1CCCc2ccccc21. The van der Waals surface area contributed by atoms with Gasteiger partial charge in [0.05, 0.1) is 0 Å². The standard InChI is InChI=1S/C18H26N2O/c1-14-7-4-5-12-20(14)18(21)19-13-16-10-6-9-15-8-2-3-11-17(15)16/h2-3,8,11,14,16H,4-7,9-10,12-13H2,1H3,(H,19,21). The topological polar surface area (TPSA) is 32.3 Å². The van der Waals surface area contributed by atoms with E-state index >= 15 is 0 Å². The normalized spacial score (nSPS) is 25.3. The molecule has 1 N–H and O–H groups in total. The molecule has 1 aromatic rings. The predicted octanol–water partition coefficient (Wildman–Crippen LogP) is 3.69. The highest BCUT2D eigenvalue weighted by molar-refractivity contribution is 5.74. The molecular weight excluding hydrogens is 260 g/mol. The molecule has 2 unspecified atom stereocenters. The molecular formula is C18H26N2O. The van der Waals surface area contributed by atoms with Crippen molar-refractivity contribution in [3.63, 3.8) is 0 Å². The Bertz CT molecular complexity index is 500. The maximum Gasteiger partial charge on any atom is 0.317 e. The summed E-state index contributed by atoms with van der Waals surface area (Å²) in [7, 11) is 0. The minimum Gasteiger partial charge on any atom is -0.337 e. The molecule has 0 radical (unpaired) electrons. The molecule has 3 nitrogen and oxygen atoms in total. The van der Waals surface area contributed by atoms with Crippen LogP contribution >= 0.6 is 0 Å². The fourth-order valence-electron chi connectivity index (χ4n) is 3.78. The van der Waals surface area contributed by atoms with Crippen LogP contribution in [0.15, 0.2) is 24.3 Å². The van der Waals surface area contributed by atoms with E-state index in [1.807, 2.05) is 4.90 Å². The van der Waals surface area contributed by atoms with Crippen LogP contribution in [0.1, 0.15) is 56.1 Å². The van der Waals surface area contributed by atoms with E-state index in [0.29, 0.717) is 12.0 Å². The number of benzene rings is 1. The van der Waals surface area contributed by atoms with Gasteiger partial charge in [0.1, 0.15) is 0 Å². The van der Waals surface area contributed by atoms with Crippen LogP contribution in [0.4, 0.5) is 4.79 Å². The summed E-state index contributed by atoms with van der Waals surface area (Å²) in [5, 5.41) is 3.18. The largest absolute Gasteiger partial charge is 0.337 e. The number of urea groups is 1. The highest BCUT2D eigenvalue weighted by Crippen LogP contribution is 2.30. The van der Waals surface area contributed by atoms with Gasteiger partial charge in [0.2, 0.25) is 0 Å². The summed E-state index contributed by atoms with van der Waals surface area (Å²) in [6, 6.07) is 9.22. The molecule has 0 aromatic heterocycles. The Kier molecular flexibility index (Phi) is 4.47. The molecule has 0 bridgehead atoms. The number of carbonyl (C=O) groups is 1. The van der Waals surface area contributed by atoms with Crippen LogP contribution in [-0.4, -0.2) is 30.1 Å². The summed E-state index contributed by atoms with van der Waals surface area (Å²) in [5.41, 5.74) is 2.91. The maximum absolute atomic E-state index is 12.4. The summed E-state index contributed by atoms with van der Waals surface area (Å²) >= 11 is 0. The third-order valence-corrected chi connectivity index (χ3v) is 5.06. The first kappa shape index (κ1) is 14.4. The minimum atomic E-state index is 0.130. The van der Waals surface area contributed by atoms with Crippen molar-refractivity contribution in [3.8, 4) is 0 Å². The van der Waals surface area contributed by atoms with Crippen molar-refractivity contribution >= 4 is 6.03 Å². The third-order valence-electron chi connectivity index (χ3n) is 5.06. The van der Waals surface area contributed by atoms with Crippen LogP contribution in [0.3, 0.4) is 0 Å². The lowest BCUT2D eigenvalue weighted by atomic mass is 9.83. The van der Waals surface area contributed by atoms with Crippen molar-refractivity contribution in [2.75, 3.05) is 13.1 Å². The van der Waals surface area contributed by atoms with Gasteiger partial charge in [-0.2, -0.15) is 0 Å². The predicted molar refractivity (Wildman–Crippen MR) is 85.5 cm³/mol. The Labute approximate surface area is 127 Å². The Hall–Kier alpha value is -1.51. The second-order valence-electron chi connectivity index (χ2n) is 6.51. The number of hydrogen-bond acceptors (Lipinski definition) is 1. The Morgan fingerprint density at radius 1 is 1.24 bits per heavy atom. The second-order valence-corrected chi connectivity index (χ2v) is 6.51. The molecule has 2 amide bonds. The van der Waals surface area contributed by atoms with Gasteiger partial charge in [0.15, 0.2) is 0 Å². The van der Waals surface area contributed by atoms with E-state index in [4.69, 9.17) is 0 Å². The first-order valence-corrected chi connectivity index (χ1v) is 8.38. The minimum absolute atomic E-state index is 0.130. The van der Waals surface area contributed by atoms with Crippen molar-refractivity contribution in [2.24, 2.45) is 0 Å². The summed E-state index contributed by atoms with van der Waals surface area (Å²) in [6.07, 6.45) is 7.14. The van der Waals surface area contributed by atoms with Crippen molar-refractivity contribution in [3.05, 3.63) is 35.4 Å². The molecule has 2 atom stereocenters. The van der Waals surface area contributed by atoms with Crippen molar-refractivity contribution < 1.29 is 4.79 Å². The molecule has 0 spiro atoms.